The Morgan fingerprint density at radius 2 is 1.94 bits per heavy atom. The Labute approximate surface area is 191 Å². The zero-order chi connectivity index (χ0) is 23.5. The molecular formula is C21H23ClN2O7S. The first-order valence-electron chi connectivity index (χ1n) is 9.70. The van der Waals surface area contributed by atoms with E-state index in [1.54, 1.807) is 31.2 Å². The molecule has 0 saturated heterocycles. The zero-order valence-electron chi connectivity index (χ0n) is 17.8. The number of sulfonamides is 1. The number of rotatable bonds is 7. The third-order valence-corrected chi connectivity index (χ3v) is 7.18. The Bertz CT molecular complexity index is 1120. The predicted octanol–water partition coefficient (Wildman–Crippen LogP) is 2.33. The van der Waals surface area contributed by atoms with Crippen molar-refractivity contribution in [1.82, 2.24) is 4.31 Å². The lowest BCUT2D eigenvalue weighted by molar-refractivity contribution is -0.148. The quantitative estimate of drug-likeness (QED) is 0.558. The summed E-state index contributed by atoms with van der Waals surface area (Å²) in [7, 11) is -1.37. The van der Waals surface area contributed by atoms with Gasteiger partial charge in [-0.15, -0.1) is 0 Å². The van der Waals surface area contributed by atoms with Crippen molar-refractivity contribution in [1.29, 1.82) is 0 Å². The summed E-state index contributed by atoms with van der Waals surface area (Å²) in [6, 6.07) is 10.8. The fraction of sp³-hybridized carbons (Fsp3) is 0.333. The highest BCUT2D eigenvalue weighted by atomic mass is 35.5. The van der Waals surface area contributed by atoms with E-state index in [1.165, 1.54) is 37.3 Å². The van der Waals surface area contributed by atoms with Crippen LogP contribution >= 0.6 is 11.6 Å². The van der Waals surface area contributed by atoms with E-state index in [1.807, 2.05) is 0 Å². The Morgan fingerprint density at radius 3 is 2.56 bits per heavy atom. The van der Waals surface area contributed by atoms with Crippen LogP contribution in [0.1, 0.15) is 6.92 Å². The fourth-order valence-electron chi connectivity index (χ4n) is 3.28. The van der Waals surface area contributed by atoms with Gasteiger partial charge in [0.2, 0.25) is 22.0 Å². The standard InChI is InChI=1S/C21H23ClN2O7S/c1-4-23(32(27,28)14-9-10-17(29-2)15(22)11-14)13-20(25)24-12-19(21(26)30-3)31-18-8-6-5-7-16(18)24/h5-11,19H,4,12-13H2,1-3H3/t19-/m1/s1. The van der Waals surface area contributed by atoms with Gasteiger partial charge in [0.1, 0.15) is 11.5 Å². The van der Waals surface area contributed by atoms with E-state index in [0.717, 1.165) is 4.31 Å². The van der Waals surface area contributed by atoms with Gasteiger partial charge >= 0.3 is 5.97 Å². The number of nitrogens with zero attached hydrogens (tertiary/aromatic N) is 2. The van der Waals surface area contributed by atoms with E-state index in [4.69, 9.17) is 25.8 Å². The molecule has 0 N–H and O–H groups in total. The molecule has 0 unspecified atom stereocenters. The molecule has 0 fully saturated rings. The van der Waals surface area contributed by atoms with Gasteiger partial charge < -0.3 is 19.1 Å². The number of anilines is 1. The smallest absolute Gasteiger partial charge is 0.348 e. The molecule has 3 rings (SSSR count). The molecule has 2 aromatic rings. The van der Waals surface area contributed by atoms with Crippen LogP contribution in [-0.4, -0.2) is 64.6 Å². The molecule has 2 aromatic carbocycles. The number of ether oxygens (including phenoxy) is 3. The van der Waals surface area contributed by atoms with Crippen LogP contribution < -0.4 is 14.4 Å². The van der Waals surface area contributed by atoms with Crippen LogP contribution in [0.4, 0.5) is 5.69 Å². The van der Waals surface area contributed by atoms with Crippen molar-refractivity contribution in [3.05, 3.63) is 47.5 Å². The van der Waals surface area contributed by atoms with Gasteiger partial charge in [-0.05, 0) is 30.3 Å². The number of fused-ring (bicyclic) bond motifs is 1. The van der Waals surface area contributed by atoms with E-state index in [-0.39, 0.29) is 23.0 Å². The number of benzene rings is 2. The van der Waals surface area contributed by atoms with Crippen LogP contribution in [0.3, 0.4) is 0 Å². The third-order valence-electron chi connectivity index (χ3n) is 4.96. The maximum atomic E-state index is 13.2. The van der Waals surface area contributed by atoms with Crippen LogP contribution in [0.15, 0.2) is 47.4 Å². The molecule has 172 valence electrons. The average Bonchev–Trinajstić information content (AvgIpc) is 2.80. The lowest BCUT2D eigenvalue weighted by Gasteiger charge is -2.34. The Morgan fingerprint density at radius 1 is 1.22 bits per heavy atom. The van der Waals surface area contributed by atoms with Gasteiger partial charge in [0.15, 0.2) is 0 Å². The lowest BCUT2D eigenvalue weighted by atomic mass is 10.2. The topological polar surface area (TPSA) is 102 Å². The molecule has 1 aliphatic heterocycles. The maximum absolute atomic E-state index is 13.2. The number of carbonyl (C=O) groups is 2. The average molecular weight is 483 g/mol. The fourth-order valence-corrected chi connectivity index (χ4v) is 5.03. The van der Waals surface area contributed by atoms with Crippen LogP contribution in [0, 0.1) is 0 Å². The van der Waals surface area contributed by atoms with Crippen LogP contribution in [0.2, 0.25) is 5.02 Å². The van der Waals surface area contributed by atoms with Gasteiger partial charge in [0, 0.05) is 6.54 Å². The van der Waals surface area contributed by atoms with Gasteiger partial charge in [0.05, 0.1) is 42.9 Å². The highest BCUT2D eigenvalue weighted by Gasteiger charge is 2.36. The number of esters is 1. The van der Waals surface area contributed by atoms with Gasteiger partial charge in [0.25, 0.3) is 0 Å². The second-order valence-electron chi connectivity index (χ2n) is 6.83. The van der Waals surface area contributed by atoms with Crippen LogP contribution in [0.25, 0.3) is 0 Å². The Balaban J connectivity index is 1.88. The molecular weight excluding hydrogens is 460 g/mol. The number of hydrogen-bond acceptors (Lipinski definition) is 7. The molecule has 0 aliphatic carbocycles. The number of amides is 1. The molecule has 11 heteroatoms. The molecule has 0 spiro atoms. The summed E-state index contributed by atoms with van der Waals surface area (Å²) in [5.74, 6) is -0.483. The monoisotopic (exact) mass is 482 g/mol. The molecule has 1 amide bonds. The summed E-state index contributed by atoms with van der Waals surface area (Å²) in [5, 5.41) is 0.138. The zero-order valence-corrected chi connectivity index (χ0v) is 19.4. The summed E-state index contributed by atoms with van der Waals surface area (Å²) >= 11 is 6.09. The predicted molar refractivity (Wildman–Crippen MR) is 118 cm³/mol. The SMILES string of the molecule is CCN(CC(=O)N1C[C@H](C(=O)OC)Oc2ccccc21)S(=O)(=O)c1ccc(OC)c(Cl)c1. The molecule has 0 radical (unpaired) electrons. The first-order chi connectivity index (χ1) is 15.2. The van der Waals surface area contributed by atoms with E-state index in [0.29, 0.717) is 17.2 Å². The van der Waals surface area contributed by atoms with Crippen molar-refractivity contribution >= 4 is 39.2 Å². The largest absolute Gasteiger partial charge is 0.495 e. The highest BCUT2D eigenvalue weighted by Crippen LogP contribution is 2.34. The van der Waals surface area contributed by atoms with Crippen molar-refractivity contribution in [3.8, 4) is 11.5 Å². The minimum Gasteiger partial charge on any atom is -0.495 e. The van der Waals surface area contributed by atoms with Crippen molar-refractivity contribution in [2.24, 2.45) is 0 Å². The minimum atomic E-state index is -4.02. The van der Waals surface area contributed by atoms with Crippen LogP contribution in [0.5, 0.6) is 11.5 Å². The number of carbonyl (C=O) groups excluding carboxylic acids is 2. The van der Waals surface area contributed by atoms with Gasteiger partial charge in [-0.2, -0.15) is 4.31 Å². The number of halogens is 1. The maximum Gasteiger partial charge on any atom is 0.348 e. The van der Waals surface area contributed by atoms with E-state index >= 15 is 0 Å². The number of methoxy groups -OCH3 is 2. The second kappa shape index (κ2) is 9.76. The third kappa shape index (κ3) is 4.67. The molecule has 9 nitrogen and oxygen atoms in total. The van der Waals surface area contributed by atoms with Crippen molar-refractivity contribution < 1.29 is 32.2 Å². The molecule has 0 aromatic heterocycles. The number of hydrogen-bond donors (Lipinski definition) is 0. The van der Waals surface area contributed by atoms with E-state index in [9.17, 15) is 18.0 Å². The second-order valence-corrected chi connectivity index (χ2v) is 9.17. The summed E-state index contributed by atoms with van der Waals surface area (Å²) in [5.41, 5.74) is 0.443. The summed E-state index contributed by atoms with van der Waals surface area (Å²) in [6.45, 7) is 1.13. The van der Waals surface area contributed by atoms with Crippen LogP contribution in [-0.2, 0) is 24.3 Å². The normalized spacial score (nSPS) is 15.7. The molecule has 32 heavy (non-hydrogen) atoms. The summed E-state index contributed by atoms with van der Waals surface area (Å²) in [4.78, 5) is 26.5. The first kappa shape index (κ1) is 23.8. The highest BCUT2D eigenvalue weighted by molar-refractivity contribution is 7.89. The molecule has 1 heterocycles. The lowest BCUT2D eigenvalue weighted by Crippen LogP contribution is -2.50. The van der Waals surface area contributed by atoms with Gasteiger partial charge in [-0.25, -0.2) is 13.2 Å². The van der Waals surface area contributed by atoms with E-state index in [2.05, 4.69) is 0 Å². The van der Waals surface area contributed by atoms with Gasteiger partial charge in [-0.3, -0.25) is 4.79 Å². The van der Waals surface area contributed by atoms with Crippen molar-refractivity contribution in [3.63, 3.8) is 0 Å². The molecule has 0 bridgehead atoms. The minimum absolute atomic E-state index is 0.0458. The summed E-state index contributed by atoms with van der Waals surface area (Å²) < 4.78 is 42.8. The van der Waals surface area contributed by atoms with E-state index < -0.39 is 34.5 Å². The number of likely N-dealkylation sites (N-methyl/N-ethyl adjacent to an activating group) is 1. The Hall–Kier alpha value is -2.82. The first-order valence-corrected chi connectivity index (χ1v) is 11.5. The number of para-hydroxylation sites is 2. The van der Waals surface area contributed by atoms with Crippen molar-refractivity contribution in [2.75, 3.05) is 38.8 Å². The molecule has 1 atom stereocenters. The Kier molecular flexibility index (Phi) is 7.27. The molecule has 1 aliphatic rings. The summed E-state index contributed by atoms with van der Waals surface area (Å²) in [6.07, 6.45) is -1.02. The van der Waals surface area contributed by atoms with Crippen molar-refractivity contribution in [2.45, 2.75) is 17.9 Å². The molecule has 0 saturated carbocycles. The van der Waals surface area contributed by atoms with Gasteiger partial charge in [-0.1, -0.05) is 30.7 Å².